The molecule has 194 valence electrons. The molecule has 1 saturated carbocycles. The Labute approximate surface area is 207 Å². The minimum atomic E-state index is -0.604. The van der Waals surface area contributed by atoms with Gasteiger partial charge in [0.25, 0.3) is 0 Å². The van der Waals surface area contributed by atoms with Crippen LogP contribution in [-0.2, 0) is 14.4 Å². The summed E-state index contributed by atoms with van der Waals surface area (Å²) in [5, 5.41) is 6.16. The molecular weight excluding hydrogens is 428 g/mol. The Morgan fingerprint density at radius 2 is 1.59 bits per heavy atom. The van der Waals surface area contributed by atoms with E-state index in [1.807, 2.05) is 40.7 Å². The molecule has 3 atom stereocenters. The molecule has 0 spiro atoms. The standard InChI is InChI=1S/C27H48N4O3/c1-17(2)23(16-20(7)25(32)28-21-12-11-13-21)30(8)27(34)24(18(3)4)29-26(33)22-14-9-10-15-31(22)19(5)6/h16-19,21-24H,9-15H2,1-8H3,(H,28,32)(H,29,33)/b20-16+/t22-,23-,24+/m1/s1. The van der Waals surface area contributed by atoms with Crippen LogP contribution in [0.2, 0.25) is 0 Å². The molecule has 1 aliphatic heterocycles. The van der Waals surface area contributed by atoms with Gasteiger partial charge in [-0.3, -0.25) is 19.3 Å². The highest BCUT2D eigenvalue weighted by molar-refractivity contribution is 5.93. The molecule has 7 nitrogen and oxygen atoms in total. The van der Waals surface area contributed by atoms with Crippen molar-refractivity contribution in [2.24, 2.45) is 11.8 Å². The third kappa shape index (κ3) is 7.30. The van der Waals surface area contributed by atoms with Gasteiger partial charge in [0, 0.05) is 24.7 Å². The van der Waals surface area contributed by atoms with E-state index in [0.717, 1.165) is 45.1 Å². The maximum absolute atomic E-state index is 13.6. The normalized spacial score (nSPS) is 21.9. The van der Waals surface area contributed by atoms with E-state index in [4.69, 9.17) is 0 Å². The van der Waals surface area contributed by atoms with E-state index in [9.17, 15) is 14.4 Å². The molecule has 0 radical (unpaired) electrons. The lowest BCUT2D eigenvalue weighted by Gasteiger charge is -2.39. The molecular formula is C27H48N4O3. The molecule has 0 unspecified atom stereocenters. The van der Waals surface area contributed by atoms with Crippen molar-refractivity contribution in [2.45, 2.75) is 117 Å². The highest BCUT2D eigenvalue weighted by Crippen LogP contribution is 2.22. The van der Waals surface area contributed by atoms with Crippen LogP contribution in [0.3, 0.4) is 0 Å². The zero-order valence-electron chi connectivity index (χ0n) is 22.7. The Balaban J connectivity index is 2.14. The Hall–Kier alpha value is -1.89. The number of rotatable bonds is 10. The first kappa shape index (κ1) is 28.3. The predicted molar refractivity (Wildman–Crippen MR) is 137 cm³/mol. The van der Waals surface area contributed by atoms with Crippen LogP contribution in [0.25, 0.3) is 0 Å². The van der Waals surface area contributed by atoms with Crippen LogP contribution in [0.5, 0.6) is 0 Å². The van der Waals surface area contributed by atoms with Crippen molar-refractivity contribution in [3.05, 3.63) is 11.6 Å². The van der Waals surface area contributed by atoms with Gasteiger partial charge >= 0.3 is 0 Å². The quantitative estimate of drug-likeness (QED) is 0.473. The Morgan fingerprint density at radius 1 is 0.941 bits per heavy atom. The molecule has 3 amide bonds. The van der Waals surface area contributed by atoms with Gasteiger partial charge in [-0.15, -0.1) is 0 Å². The summed E-state index contributed by atoms with van der Waals surface area (Å²) in [4.78, 5) is 43.4. The second-order valence-electron chi connectivity index (χ2n) is 11.2. The van der Waals surface area contributed by atoms with Gasteiger partial charge in [0.15, 0.2) is 0 Å². The fourth-order valence-electron chi connectivity index (χ4n) is 4.92. The zero-order chi connectivity index (χ0) is 25.6. The number of hydrogen-bond donors (Lipinski definition) is 2. The van der Waals surface area contributed by atoms with Gasteiger partial charge < -0.3 is 15.5 Å². The Morgan fingerprint density at radius 3 is 2.09 bits per heavy atom. The number of carbonyl (C=O) groups excluding carboxylic acids is 3. The second kappa shape index (κ2) is 12.7. The molecule has 2 N–H and O–H groups in total. The number of nitrogens with zero attached hydrogens (tertiary/aromatic N) is 2. The SMILES string of the molecule is C/C(=C\[C@H](C(C)C)N(C)C(=O)[C@@H](NC(=O)[C@H]1CCCCN1C(C)C)C(C)C)C(=O)NC1CCC1. The number of carbonyl (C=O) groups is 3. The first-order valence-electron chi connectivity index (χ1n) is 13.3. The van der Waals surface area contributed by atoms with E-state index in [0.29, 0.717) is 5.57 Å². The van der Waals surface area contributed by atoms with Crippen molar-refractivity contribution >= 4 is 17.7 Å². The van der Waals surface area contributed by atoms with Crippen molar-refractivity contribution in [2.75, 3.05) is 13.6 Å². The predicted octanol–water partition coefficient (Wildman–Crippen LogP) is 3.49. The van der Waals surface area contributed by atoms with E-state index in [1.54, 1.807) is 11.9 Å². The van der Waals surface area contributed by atoms with Gasteiger partial charge in [-0.05, 0) is 71.3 Å². The molecule has 0 aromatic heterocycles. The highest BCUT2D eigenvalue weighted by atomic mass is 16.2. The molecule has 0 bridgehead atoms. The largest absolute Gasteiger partial charge is 0.350 e. The van der Waals surface area contributed by atoms with Crippen molar-refractivity contribution in [1.82, 2.24) is 20.4 Å². The lowest BCUT2D eigenvalue weighted by atomic mass is 9.92. The third-order valence-corrected chi connectivity index (χ3v) is 7.44. The summed E-state index contributed by atoms with van der Waals surface area (Å²) < 4.78 is 0. The summed E-state index contributed by atoms with van der Waals surface area (Å²) in [5.74, 6) is -0.150. The number of likely N-dealkylation sites (N-methyl/N-ethyl adjacent to an activating group) is 1. The minimum Gasteiger partial charge on any atom is -0.350 e. The van der Waals surface area contributed by atoms with Gasteiger partial charge in [-0.1, -0.05) is 40.2 Å². The molecule has 7 heteroatoms. The number of likely N-dealkylation sites (tertiary alicyclic amines) is 1. The van der Waals surface area contributed by atoms with Crippen LogP contribution in [-0.4, -0.2) is 71.3 Å². The van der Waals surface area contributed by atoms with Gasteiger partial charge in [0.05, 0.1) is 12.1 Å². The maximum atomic E-state index is 13.6. The van der Waals surface area contributed by atoms with E-state index >= 15 is 0 Å². The molecule has 0 aromatic carbocycles. The number of nitrogens with one attached hydrogen (secondary N) is 2. The van der Waals surface area contributed by atoms with Gasteiger partial charge in [-0.25, -0.2) is 0 Å². The minimum absolute atomic E-state index is 0.0465. The van der Waals surface area contributed by atoms with Gasteiger partial charge in [0.1, 0.15) is 6.04 Å². The molecule has 2 rings (SSSR count). The fraction of sp³-hybridized carbons (Fsp3) is 0.815. The molecule has 2 fully saturated rings. The van der Waals surface area contributed by atoms with Crippen LogP contribution in [0.15, 0.2) is 11.6 Å². The lowest BCUT2D eigenvalue weighted by molar-refractivity contribution is -0.140. The number of hydrogen-bond acceptors (Lipinski definition) is 4. The monoisotopic (exact) mass is 476 g/mol. The van der Waals surface area contributed by atoms with Crippen LogP contribution in [0.4, 0.5) is 0 Å². The van der Waals surface area contributed by atoms with Crippen molar-refractivity contribution in [3.63, 3.8) is 0 Å². The Bertz CT molecular complexity index is 742. The van der Waals surface area contributed by atoms with Crippen LogP contribution >= 0.6 is 0 Å². The van der Waals surface area contributed by atoms with Crippen LogP contribution in [0.1, 0.15) is 87.0 Å². The summed E-state index contributed by atoms with van der Waals surface area (Å²) in [6.45, 7) is 15.0. The molecule has 0 aromatic rings. The molecule has 1 saturated heterocycles. The summed E-state index contributed by atoms with van der Waals surface area (Å²) >= 11 is 0. The molecule has 1 aliphatic carbocycles. The van der Waals surface area contributed by atoms with Crippen molar-refractivity contribution in [1.29, 1.82) is 0 Å². The average Bonchev–Trinajstić information content (AvgIpc) is 2.76. The van der Waals surface area contributed by atoms with Crippen LogP contribution in [0, 0.1) is 11.8 Å². The fourth-order valence-corrected chi connectivity index (χ4v) is 4.92. The van der Waals surface area contributed by atoms with E-state index in [1.165, 1.54) is 0 Å². The maximum Gasteiger partial charge on any atom is 0.246 e. The second-order valence-corrected chi connectivity index (χ2v) is 11.2. The zero-order valence-corrected chi connectivity index (χ0v) is 22.7. The highest BCUT2D eigenvalue weighted by Gasteiger charge is 2.36. The van der Waals surface area contributed by atoms with Crippen LogP contribution < -0.4 is 10.6 Å². The van der Waals surface area contributed by atoms with E-state index < -0.39 is 6.04 Å². The lowest BCUT2D eigenvalue weighted by Crippen LogP contribution is -2.58. The summed E-state index contributed by atoms with van der Waals surface area (Å²) in [6, 6.07) is -0.465. The van der Waals surface area contributed by atoms with E-state index in [2.05, 4.69) is 29.4 Å². The summed E-state index contributed by atoms with van der Waals surface area (Å²) in [5.41, 5.74) is 0.630. The number of piperidine rings is 1. The molecule has 1 heterocycles. The summed E-state index contributed by atoms with van der Waals surface area (Å²) in [6.07, 6.45) is 8.10. The Kier molecular flexibility index (Phi) is 10.6. The van der Waals surface area contributed by atoms with Crippen molar-refractivity contribution in [3.8, 4) is 0 Å². The first-order chi connectivity index (χ1) is 15.9. The molecule has 2 aliphatic rings. The van der Waals surface area contributed by atoms with Gasteiger partial charge in [0.2, 0.25) is 17.7 Å². The topological polar surface area (TPSA) is 81.8 Å². The summed E-state index contributed by atoms with van der Waals surface area (Å²) in [7, 11) is 1.78. The number of amides is 3. The smallest absolute Gasteiger partial charge is 0.246 e. The average molecular weight is 477 g/mol. The third-order valence-electron chi connectivity index (χ3n) is 7.44. The molecule has 34 heavy (non-hydrogen) atoms. The van der Waals surface area contributed by atoms with Gasteiger partial charge in [-0.2, -0.15) is 0 Å². The van der Waals surface area contributed by atoms with E-state index in [-0.39, 0.29) is 53.7 Å². The first-order valence-corrected chi connectivity index (χ1v) is 13.3. The van der Waals surface area contributed by atoms with Crippen molar-refractivity contribution < 1.29 is 14.4 Å².